The summed E-state index contributed by atoms with van der Waals surface area (Å²) < 4.78 is 22.2. The summed E-state index contributed by atoms with van der Waals surface area (Å²) in [6.45, 7) is 3.51. The summed E-state index contributed by atoms with van der Waals surface area (Å²) in [4.78, 5) is 79.0. The molecule has 7 rings (SSSR count). The first kappa shape index (κ1) is 40.9. The molecular formula is C43H45N3O10S. The van der Waals surface area contributed by atoms with Gasteiger partial charge in [0.1, 0.15) is 31.5 Å². The third kappa shape index (κ3) is 8.66. The smallest absolute Gasteiger partial charge is 0.407 e. The Morgan fingerprint density at radius 3 is 2.28 bits per heavy atom. The number of nitrogens with zero attached hydrogens (tertiary/aromatic N) is 1. The average Bonchev–Trinajstić information content (AvgIpc) is 3.95. The lowest BCUT2D eigenvalue weighted by Gasteiger charge is -2.28. The molecule has 2 bridgehead atoms. The minimum absolute atomic E-state index is 0. The highest BCUT2D eigenvalue weighted by Crippen LogP contribution is 2.52. The second-order valence-electron chi connectivity index (χ2n) is 13.9. The van der Waals surface area contributed by atoms with Crippen molar-refractivity contribution in [1.82, 2.24) is 15.5 Å². The van der Waals surface area contributed by atoms with Crippen LogP contribution >= 0.6 is 11.8 Å². The van der Waals surface area contributed by atoms with Crippen LogP contribution in [-0.2, 0) is 44.7 Å². The van der Waals surface area contributed by atoms with E-state index in [1.165, 1.54) is 11.0 Å². The Labute approximate surface area is 335 Å². The van der Waals surface area contributed by atoms with Crippen LogP contribution in [-0.4, -0.2) is 89.9 Å². The van der Waals surface area contributed by atoms with Crippen molar-refractivity contribution in [3.8, 4) is 11.1 Å². The van der Waals surface area contributed by atoms with Gasteiger partial charge in [-0.15, -0.1) is 0 Å². The minimum Gasteiger partial charge on any atom is -0.460 e. The number of fused-ring (bicyclic) bond motifs is 8. The average molecular weight is 796 g/mol. The number of hydrogen-bond acceptors (Lipinski definition) is 11. The van der Waals surface area contributed by atoms with Crippen LogP contribution in [0.2, 0.25) is 0 Å². The van der Waals surface area contributed by atoms with Gasteiger partial charge in [0.2, 0.25) is 11.8 Å². The third-order valence-corrected chi connectivity index (χ3v) is 11.4. The van der Waals surface area contributed by atoms with Gasteiger partial charge in [-0.3, -0.25) is 19.3 Å². The van der Waals surface area contributed by atoms with Gasteiger partial charge in [0, 0.05) is 24.6 Å². The topological polar surface area (TPSA) is 167 Å². The highest BCUT2D eigenvalue weighted by Gasteiger charge is 2.68. The molecule has 5 unspecified atom stereocenters. The van der Waals surface area contributed by atoms with Crippen molar-refractivity contribution >= 4 is 46.8 Å². The highest BCUT2D eigenvalue weighted by molar-refractivity contribution is 8.13. The highest BCUT2D eigenvalue weighted by atomic mass is 32.2. The van der Waals surface area contributed by atoms with Gasteiger partial charge in [-0.05, 0) is 40.3 Å². The number of thioether (sulfide) groups is 1. The lowest BCUT2D eigenvalue weighted by Crippen LogP contribution is -2.45. The lowest BCUT2D eigenvalue weighted by molar-refractivity contribution is -0.146. The number of amides is 4. The van der Waals surface area contributed by atoms with Crippen LogP contribution < -0.4 is 10.6 Å². The fourth-order valence-corrected chi connectivity index (χ4v) is 8.60. The van der Waals surface area contributed by atoms with Gasteiger partial charge in [-0.1, -0.05) is 117 Å². The number of alkyl carbamates (subject to hydrolysis) is 2. The van der Waals surface area contributed by atoms with Crippen LogP contribution in [0, 0.1) is 11.8 Å². The summed E-state index contributed by atoms with van der Waals surface area (Å²) in [5.41, 5.74) is 3.83. The molecule has 3 aromatic carbocycles. The van der Waals surface area contributed by atoms with E-state index in [9.17, 15) is 28.8 Å². The van der Waals surface area contributed by atoms with Crippen LogP contribution in [0.25, 0.3) is 11.1 Å². The van der Waals surface area contributed by atoms with Gasteiger partial charge in [0.05, 0.1) is 24.5 Å². The number of rotatable bonds is 16. The van der Waals surface area contributed by atoms with Crippen LogP contribution in [0.1, 0.15) is 42.9 Å². The van der Waals surface area contributed by atoms with E-state index >= 15 is 0 Å². The Bertz CT molecular complexity index is 2010. The van der Waals surface area contributed by atoms with Gasteiger partial charge in [0.15, 0.2) is 5.12 Å². The number of likely N-dealkylation sites (tertiary alicyclic amines) is 1. The number of hydrogen-bond donors (Lipinski definition) is 2. The van der Waals surface area contributed by atoms with E-state index in [1.807, 2.05) is 78.9 Å². The van der Waals surface area contributed by atoms with E-state index in [1.54, 1.807) is 12.2 Å². The second-order valence-corrected chi connectivity index (χ2v) is 15.0. The molecule has 2 saturated heterocycles. The molecule has 4 aliphatic rings. The molecule has 3 heterocycles. The molecule has 0 saturated carbocycles. The predicted octanol–water partition coefficient (Wildman–Crippen LogP) is 5.53. The summed E-state index contributed by atoms with van der Waals surface area (Å²) in [5.74, 6) is -3.15. The molecular weight excluding hydrogens is 751 g/mol. The molecule has 2 N–H and O–H groups in total. The van der Waals surface area contributed by atoms with Crippen molar-refractivity contribution in [3.63, 3.8) is 0 Å². The molecule has 3 aliphatic heterocycles. The van der Waals surface area contributed by atoms with Crippen molar-refractivity contribution in [2.24, 2.45) is 11.8 Å². The molecule has 0 spiro atoms. The maximum absolute atomic E-state index is 13.4. The normalized spacial score (nSPS) is 21.5. The van der Waals surface area contributed by atoms with E-state index < -0.39 is 47.7 Å². The number of carbonyl (C=O) groups is 6. The van der Waals surface area contributed by atoms with Crippen LogP contribution in [0.15, 0.2) is 104 Å². The summed E-state index contributed by atoms with van der Waals surface area (Å²) in [6, 6.07) is 23.9. The van der Waals surface area contributed by atoms with E-state index in [2.05, 4.69) is 17.2 Å². The van der Waals surface area contributed by atoms with Gasteiger partial charge in [0.25, 0.3) is 0 Å². The number of nitrogens with one attached hydrogen (secondary N) is 2. The zero-order chi connectivity index (χ0) is 39.2. The largest absolute Gasteiger partial charge is 0.460 e. The number of imide groups is 1. The molecule has 1 aliphatic carbocycles. The van der Waals surface area contributed by atoms with Crippen molar-refractivity contribution in [2.75, 3.05) is 32.1 Å². The minimum atomic E-state index is -1.24. The van der Waals surface area contributed by atoms with Gasteiger partial charge in [-0.25, -0.2) is 14.4 Å². The number of benzene rings is 3. The summed E-state index contributed by atoms with van der Waals surface area (Å²) in [6.07, 6.45) is 2.98. The Morgan fingerprint density at radius 2 is 1.58 bits per heavy atom. The lowest BCUT2D eigenvalue weighted by atomic mass is 9.77. The Balaban J connectivity index is 0.00000549. The number of esters is 1. The molecule has 14 heteroatoms. The summed E-state index contributed by atoms with van der Waals surface area (Å²) >= 11 is 0.848. The molecule has 13 nitrogen and oxygen atoms in total. The first-order valence-electron chi connectivity index (χ1n) is 18.4. The molecule has 4 amide bonds. The SMILES string of the molecule is C.C=CCOC(=O)C(CSC(=O)CCCNC(=O)OCC12C=CC(O1)C1C(=O)N(Cc3ccccc3)C(=O)C12)NC(=O)OCC1c2ccccc2-c2ccccc21. The first-order valence-corrected chi connectivity index (χ1v) is 19.4. The van der Waals surface area contributed by atoms with Crippen molar-refractivity contribution in [3.05, 3.63) is 120 Å². The predicted molar refractivity (Wildman–Crippen MR) is 212 cm³/mol. The molecule has 0 aromatic heterocycles. The fourth-order valence-electron chi connectivity index (χ4n) is 7.74. The molecule has 0 radical (unpaired) electrons. The second kappa shape index (κ2) is 18.0. The van der Waals surface area contributed by atoms with Gasteiger partial charge >= 0.3 is 18.2 Å². The number of carbonyl (C=O) groups excluding carboxylic acids is 6. The van der Waals surface area contributed by atoms with Crippen LogP contribution in [0.3, 0.4) is 0 Å². The molecule has 57 heavy (non-hydrogen) atoms. The third-order valence-electron chi connectivity index (χ3n) is 10.4. The first-order chi connectivity index (χ1) is 27.2. The van der Waals surface area contributed by atoms with E-state index in [0.29, 0.717) is 0 Å². The van der Waals surface area contributed by atoms with Crippen LogP contribution in [0.5, 0.6) is 0 Å². The fraction of sp³-hybridized carbons (Fsp3) is 0.349. The standard InChI is InChI=1S/C42H41N3O10S.CH4/c1-2-21-52-39(49)32(44-41(51)53-23-31-29-15-8-6-13-27(29)28-14-7-9-16-30(28)31)24-56-34(46)17-10-20-43-40(50)54-25-42-19-18-33(55-42)35-36(42)38(48)45(37(35)47)22-26-11-4-3-5-12-26;/h2-9,11-16,18-19,31-33,35-36H,1,10,17,20-25H2,(H,43,50)(H,44,51);1H4. The maximum Gasteiger partial charge on any atom is 0.407 e. The Morgan fingerprint density at radius 1 is 0.895 bits per heavy atom. The molecule has 2 fully saturated rings. The van der Waals surface area contributed by atoms with Gasteiger partial charge in [-0.2, -0.15) is 0 Å². The zero-order valence-corrected chi connectivity index (χ0v) is 31.2. The van der Waals surface area contributed by atoms with Gasteiger partial charge < -0.3 is 29.6 Å². The van der Waals surface area contributed by atoms with Crippen LogP contribution in [0.4, 0.5) is 9.59 Å². The Kier molecular flexibility index (Phi) is 12.9. The van der Waals surface area contributed by atoms with Crippen molar-refractivity contribution in [2.45, 2.75) is 50.5 Å². The van der Waals surface area contributed by atoms with E-state index in [0.717, 1.165) is 39.6 Å². The maximum atomic E-state index is 13.4. The zero-order valence-electron chi connectivity index (χ0n) is 30.4. The Hall–Kier alpha value is -5.73. The number of ether oxygens (including phenoxy) is 4. The quantitative estimate of drug-likeness (QED) is 0.0615. The molecule has 5 atom stereocenters. The van der Waals surface area contributed by atoms with E-state index in [-0.39, 0.29) is 81.8 Å². The monoisotopic (exact) mass is 795 g/mol. The van der Waals surface area contributed by atoms with Crippen molar-refractivity contribution in [1.29, 1.82) is 0 Å². The van der Waals surface area contributed by atoms with E-state index in [4.69, 9.17) is 18.9 Å². The summed E-state index contributed by atoms with van der Waals surface area (Å²) in [5, 5.41) is 4.87. The summed E-state index contributed by atoms with van der Waals surface area (Å²) in [7, 11) is 0. The molecule has 3 aromatic rings. The molecule has 298 valence electrons. The van der Waals surface area contributed by atoms with Crippen molar-refractivity contribution < 1.29 is 47.7 Å².